The van der Waals surface area contributed by atoms with E-state index in [4.69, 9.17) is 4.74 Å². The van der Waals surface area contributed by atoms with Gasteiger partial charge in [-0.2, -0.15) is 0 Å². The molecular weight excluding hydrogens is 306 g/mol. The quantitative estimate of drug-likeness (QED) is 0.676. The minimum Gasteiger partial charge on any atom is -0.452 e. The smallest absolute Gasteiger partial charge is 0.338 e. The molecule has 1 amide bonds. The van der Waals surface area contributed by atoms with Gasteiger partial charge in [0.05, 0.1) is 11.3 Å². The van der Waals surface area contributed by atoms with Crippen molar-refractivity contribution in [1.82, 2.24) is 0 Å². The normalized spacial score (nSPS) is 10.1. The predicted molar refractivity (Wildman–Crippen MR) is 91.3 cm³/mol. The zero-order chi connectivity index (χ0) is 17.7. The lowest BCUT2D eigenvalue weighted by Crippen LogP contribution is -2.22. The molecule has 2 rings (SSSR count). The van der Waals surface area contributed by atoms with E-state index in [1.54, 1.807) is 36.4 Å². The first-order chi connectivity index (χ1) is 11.4. The van der Waals surface area contributed by atoms with Crippen LogP contribution in [0.4, 0.5) is 5.69 Å². The zero-order valence-electron chi connectivity index (χ0n) is 13.9. The third-order valence-electron chi connectivity index (χ3n) is 3.66. The molecule has 0 aromatic heterocycles. The SMILES string of the molecule is CC(=O)c1ccccc1NC(=O)COC(=O)c1ccc(C)c(C)c1. The van der Waals surface area contributed by atoms with Crippen LogP contribution < -0.4 is 5.32 Å². The predicted octanol–water partition coefficient (Wildman–Crippen LogP) is 3.30. The highest BCUT2D eigenvalue weighted by Crippen LogP contribution is 2.15. The minimum atomic E-state index is -0.562. The van der Waals surface area contributed by atoms with Crippen LogP contribution in [0.5, 0.6) is 0 Å². The van der Waals surface area contributed by atoms with Gasteiger partial charge in [0.25, 0.3) is 5.91 Å². The molecule has 0 saturated carbocycles. The molecule has 0 aliphatic heterocycles. The monoisotopic (exact) mass is 325 g/mol. The summed E-state index contributed by atoms with van der Waals surface area (Å²) in [7, 11) is 0. The maximum atomic E-state index is 12.0. The van der Waals surface area contributed by atoms with Crippen molar-refractivity contribution in [3.05, 3.63) is 64.7 Å². The van der Waals surface area contributed by atoms with E-state index in [9.17, 15) is 14.4 Å². The number of esters is 1. The molecular formula is C19H19NO4. The van der Waals surface area contributed by atoms with Gasteiger partial charge < -0.3 is 10.1 Å². The second-order valence-electron chi connectivity index (χ2n) is 5.53. The number of ether oxygens (including phenoxy) is 1. The van der Waals surface area contributed by atoms with E-state index in [1.165, 1.54) is 6.92 Å². The molecule has 0 saturated heterocycles. The fraction of sp³-hybridized carbons (Fsp3) is 0.211. The number of hydrogen-bond acceptors (Lipinski definition) is 4. The molecule has 0 atom stereocenters. The van der Waals surface area contributed by atoms with Crippen LogP contribution in [-0.4, -0.2) is 24.3 Å². The maximum Gasteiger partial charge on any atom is 0.338 e. The van der Waals surface area contributed by atoms with E-state index in [0.717, 1.165) is 11.1 Å². The Balaban J connectivity index is 1.97. The van der Waals surface area contributed by atoms with Crippen molar-refractivity contribution in [3.63, 3.8) is 0 Å². The molecule has 0 radical (unpaired) electrons. The van der Waals surface area contributed by atoms with Gasteiger partial charge in [-0.05, 0) is 56.2 Å². The Morgan fingerprint density at radius 1 is 1.00 bits per heavy atom. The van der Waals surface area contributed by atoms with Gasteiger partial charge in [0, 0.05) is 5.56 Å². The summed E-state index contributed by atoms with van der Waals surface area (Å²) in [5, 5.41) is 2.58. The van der Waals surface area contributed by atoms with E-state index in [2.05, 4.69) is 5.32 Å². The lowest BCUT2D eigenvalue weighted by atomic mass is 10.1. The number of ketones is 1. The van der Waals surface area contributed by atoms with Gasteiger partial charge in [-0.3, -0.25) is 9.59 Å². The molecule has 5 nitrogen and oxygen atoms in total. The maximum absolute atomic E-state index is 12.0. The second-order valence-corrected chi connectivity index (χ2v) is 5.53. The van der Waals surface area contributed by atoms with Crippen molar-refractivity contribution < 1.29 is 19.1 Å². The number of benzene rings is 2. The molecule has 2 aromatic rings. The number of nitrogens with one attached hydrogen (secondary N) is 1. The fourth-order valence-corrected chi connectivity index (χ4v) is 2.17. The summed E-state index contributed by atoms with van der Waals surface area (Å²) in [4.78, 5) is 35.4. The Morgan fingerprint density at radius 2 is 1.71 bits per heavy atom. The van der Waals surface area contributed by atoms with E-state index in [-0.39, 0.29) is 5.78 Å². The van der Waals surface area contributed by atoms with Gasteiger partial charge in [0.2, 0.25) is 0 Å². The molecule has 1 N–H and O–H groups in total. The molecule has 0 unspecified atom stereocenters. The molecule has 124 valence electrons. The number of hydrogen-bond donors (Lipinski definition) is 1. The third kappa shape index (κ3) is 4.29. The average Bonchev–Trinajstić information content (AvgIpc) is 2.55. The first-order valence-electron chi connectivity index (χ1n) is 7.52. The second kappa shape index (κ2) is 7.55. The van der Waals surface area contributed by atoms with Gasteiger partial charge in [-0.25, -0.2) is 4.79 Å². The molecule has 0 spiro atoms. The number of rotatable bonds is 5. The summed E-state index contributed by atoms with van der Waals surface area (Å²) in [5.41, 5.74) is 3.26. The van der Waals surface area contributed by atoms with Crippen LogP contribution in [0.2, 0.25) is 0 Å². The van der Waals surface area contributed by atoms with Gasteiger partial charge in [0.1, 0.15) is 0 Å². The van der Waals surface area contributed by atoms with Crippen LogP contribution in [0.25, 0.3) is 0 Å². The Morgan fingerprint density at radius 3 is 2.38 bits per heavy atom. The minimum absolute atomic E-state index is 0.155. The molecule has 5 heteroatoms. The van der Waals surface area contributed by atoms with E-state index in [1.807, 2.05) is 19.9 Å². The van der Waals surface area contributed by atoms with Crippen LogP contribution in [0.3, 0.4) is 0 Å². The number of aryl methyl sites for hydroxylation is 2. The number of para-hydroxylation sites is 1. The zero-order valence-corrected chi connectivity index (χ0v) is 13.9. The topological polar surface area (TPSA) is 72.5 Å². The molecule has 2 aromatic carbocycles. The highest BCUT2D eigenvalue weighted by molar-refractivity contribution is 6.04. The van der Waals surface area contributed by atoms with Crippen molar-refractivity contribution in [2.75, 3.05) is 11.9 Å². The van der Waals surface area contributed by atoms with Crippen LogP contribution >= 0.6 is 0 Å². The largest absolute Gasteiger partial charge is 0.452 e. The van der Waals surface area contributed by atoms with Crippen molar-refractivity contribution in [2.45, 2.75) is 20.8 Å². The standard InChI is InChI=1S/C19H19NO4/c1-12-8-9-15(10-13(12)2)19(23)24-11-18(22)20-17-7-5-4-6-16(17)14(3)21/h4-10H,11H2,1-3H3,(H,20,22). The average molecular weight is 325 g/mol. The van der Waals surface area contributed by atoms with Crippen LogP contribution in [0.15, 0.2) is 42.5 Å². The summed E-state index contributed by atoms with van der Waals surface area (Å²) in [6, 6.07) is 11.9. The van der Waals surface area contributed by atoms with Crippen LogP contribution in [-0.2, 0) is 9.53 Å². The van der Waals surface area contributed by atoms with E-state index < -0.39 is 18.5 Å². The molecule has 0 heterocycles. The molecule has 24 heavy (non-hydrogen) atoms. The summed E-state index contributed by atoms with van der Waals surface area (Å²) in [6.07, 6.45) is 0. The summed E-state index contributed by atoms with van der Waals surface area (Å²) < 4.78 is 5.02. The Bertz CT molecular complexity index is 796. The number of amides is 1. The highest BCUT2D eigenvalue weighted by atomic mass is 16.5. The first kappa shape index (κ1) is 17.4. The lowest BCUT2D eigenvalue weighted by molar-refractivity contribution is -0.119. The highest BCUT2D eigenvalue weighted by Gasteiger charge is 2.13. The molecule has 0 aliphatic rings. The number of Topliss-reactive ketones (excluding diaryl/α,β-unsaturated/α-hetero) is 1. The Labute approximate surface area is 140 Å². The molecule has 0 bridgehead atoms. The first-order valence-corrected chi connectivity index (χ1v) is 7.52. The van der Waals surface area contributed by atoms with Gasteiger partial charge in [-0.15, -0.1) is 0 Å². The summed E-state index contributed by atoms with van der Waals surface area (Å²) in [5.74, 6) is -1.22. The van der Waals surface area contributed by atoms with Crippen molar-refractivity contribution >= 4 is 23.3 Å². The number of carbonyl (C=O) groups excluding carboxylic acids is 3. The van der Waals surface area contributed by atoms with Gasteiger partial charge >= 0.3 is 5.97 Å². The third-order valence-corrected chi connectivity index (χ3v) is 3.66. The molecule has 0 fully saturated rings. The van der Waals surface area contributed by atoms with Crippen LogP contribution in [0.1, 0.15) is 38.8 Å². The Kier molecular flexibility index (Phi) is 5.47. The van der Waals surface area contributed by atoms with Crippen molar-refractivity contribution in [1.29, 1.82) is 0 Å². The lowest BCUT2D eigenvalue weighted by Gasteiger charge is -2.10. The van der Waals surface area contributed by atoms with Crippen molar-refractivity contribution in [3.8, 4) is 0 Å². The number of anilines is 1. The van der Waals surface area contributed by atoms with Gasteiger partial charge in [-0.1, -0.05) is 18.2 Å². The van der Waals surface area contributed by atoms with E-state index >= 15 is 0 Å². The Hall–Kier alpha value is -2.95. The van der Waals surface area contributed by atoms with Gasteiger partial charge in [0.15, 0.2) is 12.4 Å². The fourth-order valence-electron chi connectivity index (χ4n) is 2.17. The summed E-state index contributed by atoms with van der Waals surface area (Å²) >= 11 is 0. The molecule has 0 aliphatic carbocycles. The number of carbonyl (C=O) groups is 3. The summed E-state index contributed by atoms with van der Waals surface area (Å²) in [6.45, 7) is 4.85. The van der Waals surface area contributed by atoms with Crippen molar-refractivity contribution in [2.24, 2.45) is 0 Å². The van der Waals surface area contributed by atoms with E-state index in [0.29, 0.717) is 16.8 Å². The van der Waals surface area contributed by atoms with Crippen LogP contribution in [0, 0.1) is 13.8 Å².